The van der Waals surface area contributed by atoms with E-state index in [1.54, 1.807) is 0 Å². The first-order valence-corrected chi connectivity index (χ1v) is 9.82. The standard InChI is InChI=1S/C19H21ClN2OS/c20-16-6-2-1-5-15(16)18(19(23)21-9-3-4-10-21)22-11-7-17-14(13-22)8-12-24-17/h1-2,5-6,8,12,18H,3-4,7,9-11,13H2. The maximum absolute atomic E-state index is 13.3. The van der Waals surface area contributed by atoms with Crippen LogP contribution in [0.4, 0.5) is 0 Å². The lowest BCUT2D eigenvalue weighted by Crippen LogP contribution is -2.43. The van der Waals surface area contributed by atoms with Crippen LogP contribution in [-0.2, 0) is 17.8 Å². The zero-order valence-corrected chi connectivity index (χ0v) is 15.2. The molecule has 2 aliphatic heterocycles. The minimum atomic E-state index is -0.273. The molecule has 1 aromatic heterocycles. The van der Waals surface area contributed by atoms with E-state index in [0.29, 0.717) is 5.02 Å². The van der Waals surface area contributed by atoms with Crippen LogP contribution in [0, 0.1) is 0 Å². The van der Waals surface area contributed by atoms with Crippen molar-refractivity contribution in [3.05, 3.63) is 56.7 Å². The molecule has 0 radical (unpaired) electrons. The van der Waals surface area contributed by atoms with Crippen LogP contribution in [0.2, 0.25) is 5.02 Å². The number of likely N-dealkylation sites (tertiary alicyclic amines) is 1. The molecule has 0 bridgehead atoms. The second-order valence-corrected chi connectivity index (χ2v) is 7.95. The van der Waals surface area contributed by atoms with Gasteiger partial charge < -0.3 is 4.90 Å². The van der Waals surface area contributed by atoms with Gasteiger partial charge in [0.25, 0.3) is 0 Å². The molecule has 1 amide bonds. The van der Waals surface area contributed by atoms with Gasteiger partial charge >= 0.3 is 0 Å². The Morgan fingerprint density at radius 3 is 2.71 bits per heavy atom. The van der Waals surface area contributed by atoms with Gasteiger partial charge in [-0.2, -0.15) is 0 Å². The lowest BCUT2D eigenvalue weighted by molar-refractivity contribution is -0.136. The molecule has 2 aliphatic rings. The maximum Gasteiger partial charge on any atom is 0.244 e. The SMILES string of the molecule is O=C(C(c1ccccc1Cl)N1CCc2sccc2C1)N1CCCC1. The molecule has 2 aromatic rings. The van der Waals surface area contributed by atoms with Gasteiger partial charge in [-0.3, -0.25) is 9.69 Å². The Bertz CT molecular complexity index is 738. The first kappa shape index (κ1) is 16.1. The number of hydrogen-bond donors (Lipinski definition) is 0. The average Bonchev–Trinajstić information content (AvgIpc) is 3.28. The van der Waals surface area contributed by atoms with Crippen molar-refractivity contribution in [3.8, 4) is 0 Å². The Labute approximate surface area is 151 Å². The highest BCUT2D eigenvalue weighted by Crippen LogP contribution is 2.35. The molecule has 1 unspecified atom stereocenters. The number of amides is 1. The van der Waals surface area contributed by atoms with E-state index >= 15 is 0 Å². The van der Waals surface area contributed by atoms with Crippen LogP contribution in [0.15, 0.2) is 35.7 Å². The van der Waals surface area contributed by atoms with Gasteiger partial charge in [0.05, 0.1) is 0 Å². The van der Waals surface area contributed by atoms with Crippen molar-refractivity contribution < 1.29 is 4.79 Å². The maximum atomic E-state index is 13.3. The van der Waals surface area contributed by atoms with Gasteiger partial charge in [0.2, 0.25) is 5.91 Å². The zero-order valence-electron chi connectivity index (χ0n) is 13.6. The minimum absolute atomic E-state index is 0.208. The van der Waals surface area contributed by atoms with Crippen molar-refractivity contribution in [2.24, 2.45) is 0 Å². The lowest BCUT2D eigenvalue weighted by Gasteiger charge is -2.36. The first-order chi connectivity index (χ1) is 11.7. The summed E-state index contributed by atoms with van der Waals surface area (Å²) in [6.45, 7) is 3.48. The Morgan fingerprint density at radius 1 is 1.12 bits per heavy atom. The van der Waals surface area contributed by atoms with Gasteiger partial charge in [0, 0.05) is 36.1 Å². The van der Waals surface area contributed by atoms with E-state index in [1.807, 2.05) is 40.5 Å². The van der Waals surface area contributed by atoms with E-state index in [-0.39, 0.29) is 11.9 Å². The quantitative estimate of drug-likeness (QED) is 0.821. The number of hydrogen-bond acceptors (Lipinski definition) is 3. The Hall–Kier alpha value is -1.36. The summed E-state index contributed by atoms with van der Waals surface area (Å²) >= 11 is 8.30. The number of carbonyl (C=O) groups is 1. The highest BCUT2D eigenvalue weighted by Gasteiger charge is 2.35. The monoisotopic (exact) mass is 360 g/mol. The first-order valence-electron chi connectivity index (χ1n) is 8.56. The second kappa shape index (κ2) is 6.87. The van der Waals surface area contributed by atoms with E-state index in [4.69, 9.17) is 11.6 Å². The van der Waals surface area contributed by atoms with Gasteiger partial charge in [-0.15, -0.1) is 11.3 Å². The number of nitrogens with zero attached hydrogens (tertiary/aromatic N) is 2. The smallest absolute Gasteiger partial charge is 0.244 e. The van der Waals surface area contributed by atoms with Crippen molar-refractivity contribution in [3.63, 3.8) is 0 Å². The number of carbonyl (C=O) groups excluding carboxylic acids is 1. The van der Waals surface area contributed by atoms with Crippen LogP contribution in [-0.4, -0.2) is 35.3 Å². The Balaban J connectivity index is 1.68. The normalized spacial score (nSPS) is 19.3. The molecule has 0 N–H and O–H groups in total. The average molecular weight is 361 g/mol. The van der Waals surface area contributed by atoms with Crippen molar-refractivity contribution in [2.45, 2.75) is 31.8 Å². The molecule has 4 rings (SSSR count). The number of thiophene rings is 1. The van der Waals surface area contributed by atoms with Crippen LogP contribution in [0.3, 0.4) is 0 Å². The number of halogens is 1. The third-order valence-corrected chi connectivity index (χ3v) is 6.42. The summed E-state index contributed by atoms with van der Waals surface area (Å²) < 4.78 is 0. The molecule has 0 saturated carbocycles. The highest BCUT2D eigenvalue weighted by molar-refractivity contribution is 7.10. The third-order valence-electron chi connectivity index (χ3n) is 5.05. The van der Waals surface area contributed by atoms with Crippen molar-refractivity contribution in [1.82, 2.24) is 9.80 Å². The van der Waals surface area contributed by atoms with Gasteiger partial charge in [-0.05, 0) is 47.9 Å². The van der Waals surface area contributed by atoms with E-state index in [9.17, 15) is 4.79 Å². The van der Waals surface area contributed by atoms with Crippen molar-refractivity contribution >= 4 is 28.8 Å². The summed E-state index contributed by atoms with van der Waals surface area (Å²) in [7, 11) is 0. The van der Waals surface area contributed by atoms with Crippen molar-refractivity contribution in [2.75, 3.05) is 19.6 Å². The van der Waals surface area contributed by atoms with Crippen LogP contribution in [0.1, 0.15) is 34.9 Å². The molecule has 0 spiro atoms. The van der Waals surface area contributed by atoms with E-state index in [2.05, 4.69) is 16.3 Å². The molecule has 1 atom stereocenters. The van der Waals surface area contributed by atoms with Crippen LogP contribution < -0.4 is 0 Å². The summed E-state index contributed by atoms with van der Waals surface area (Å²) in [5, 5.41) is 2.84. The van der Waals surface area contributed by atoms with Crippen LogP contribution in [0.5, 0.6) is 0 Å². The molecule has 1 saturated heterocycles. The lowest BCUT2D eigenvalue weighted by atomic mass is 10.00. The number of rotatable bonds is 3. The Kier molecular flexibility index (Phi) is 4.61. The molecule has 126 valence electrons. The zero-order chi connectivity index (χ0) is 16.5. The van der Waals surface area contributed by atoms with Crippen LogP contribution >= 0.6 is 22.9 Å². The molecular formula is C19H21ClN2OS. The fourth-order valence-corrected chi connectivity index (χ4v) is 4.91. The summed E-state index contributed by atoms with van der Waals surface area (Å²) in [6, 6.07) is 9.72. The third kappa shape index (κ3) is 2.99. The number of benzene rings is 1. The summed E-state index contributed by atoms with van der Waals surface area (Å²) in [4.78, 5) is 19.0. The van der Waals surface area contributed by atoms with Crippen molar-refractivity contribution in [1.29, 1.82) is 0 Å². The molecule has 0 aliphatic carbocycles. The summed E-state index contributed by atoms with van der Waals surface area (Å²) in [6.07, 6.45) is 3.23. The molecule has 3 nitrogen and oxygen atoms in total. The van der Waals surface area contributed by atoms with Crippen LogP contribution in [0.25, 0.3) is 0 Å². The molecule has 1 fully saturated rings. The molecule has 3 heterocycles. The van der Waals surface area contributed by atoms with E-state index < -0.39 is 0 Å². The second-order valence-electron chi connectivity index (χ2n) is 6.55. The molecular weight excluding hydrogens is 340 g/mol. The summed E-state index contributed by atoms with van der Waals surface area (Å²) in [5.74, 6) is 0.208. The fraction of sp³-hybridized carbons (Fsp3) is 0.421. The number of fused-ring (bicyclic) bond motifs is 1. The van der Waals surface area contributed by atoms with Gasteiger partial charge in [0.1, 0.15) is 6.04 Å². The van der Waals surface area contributed by atoms with Gasteiger partial charge in [0.15, 0.2) is 0 Å². The fourth-order valence-electron chi connectivity index (χ4n) is 3.78. The molecule has 24 heavy (non-hydrogen) atoms. The molecule has 5 heteroatoms. The largest absolute Gasteiger partial charge is 0.341 e. The Morgan fingerprint density at radius 2 is 1.92 bits per heavy atom. The van der Waals surface area contributed by atoms with E-state index in [1.165, 1.54) is 10.4 Å². The topological polar surface area (TPSA) is 23.6 Å². The predicted octanol–water partition coefficient (Wildman–Crippen LogP) is 4.12. The van der Waals surface area contributed by atoms with Gasteiger partial charge in [-0.25, -0.2) is 0 Å². The van der Waals surface area contributed by atoms with Gasteiger partial charge in [-0.1, -0.05) is 29.8 Å². The van der Waals surface area contributed by atoms with E-state index in [0.717, 1.165) is 51.0 Å². The highest BCUT2D eigenvalue weighted by atomic mass is 35.5. The minimum Gasteiger partial charge on any atom is -0.341 e. The molecule has 1 aromatic carbocycles. The summed E-state index contributed by atoms with van der Waals surface area (Å²) in [5.41, 5.74) is 2.30. The predicted molar refractivity (Wildman–Crippen MR) is 98.4 cm³/mol.